The van der Waals surface area contributed by atoms with E-state index in [0.29, 0.717) is 5.02 Å². The summed E-state index contributed by atoms with van der Waals surface area (Å²) in [4.78, 5) is 11.6. The molecule has 0 aromatic heterocycles. The van der Waals surface area contributed by atoms with Crippen molar-refractivity contribution in [3.05, 3.63) is 34.9 Å². The number of ether oxygens (including phenoxy) is 1. The average molecular weight is 270 g/mol. The molecule has 1 atom stereocenters. The number of hydrogen-bond donors (Lipinski definition) is 1. The first kappa shape index (κ1) is 15.0. The second kappa shape index (κ2) is 6.21. The highest BCUT2D eigenvalue weighted by atomic mass is 35.5. The van der Waals surface area contributed by atoms with E-state index in [2.05, 4.69) is 0 Å². The van der Waals surface area contributed by atoms with Crippen LogP contribution in [0.3, 0.4) is 0 Å². The van der Waals surface area contributed by atoms with Crippen molar-refractivity contribution in [2.45, 2.75) is 39.8 Å². The van der Waals surface area contributed by atoms with Gasteiger partial charge in [0, 0.05) is 11.1 Å². The molecule has 1 unspecified atom stereocenters. The molecule has 0 aliphatic heterocycles. The van der Waals surface area contributed by atoms with Gasteiger partial charge in [-0.1, -0.05) is 44.5 Å². The van der Waals surface area contributed by atoms with Crippen LogP contribution in [0.15, 0.2) is 24.3 Å². The lowest BCUT2D eigenvalue weighted by Gasteiger charge is -2.26. The third-order valence-corrected chi connectivity index (χ3v) is 3.02. The van der Waals surface area contributed by atoms with Crippen LogP contribution in [0.25, 0.3) is 0 Å². The number of benzene rings is 1. The molecule has 0 amide bonds. The zero-order chi connectivity index (χ0) is 13.8. The quantitative estimate of drug-likeness (QED) is 0.855. The highest BCUT2D eigenvalue weighted by molar-refractivity contribution is 6.30. The SMILES string of the molecule is CC(C)(C)C(N)CC(=O)OCc1cccc(Cl)c1. The third kappa shape index (κ3) is 5.07. The summed E-state index contributed by atoms with van der Waals surface area (Å²) in [7, 11) is 0. The van der Waals surface area contributed by atoms with Gasteiger partial charge in [-0.05, 0) is 23.1 Å². The van der Waals surface area contributed by atoms with Crippen LogP contribution in [0.2, 0.25) is 5.02 Å². The molecule has 1 aromatic rings. The first-order valence-corrected chi connectivity index (χ1v) is 6.32. The minimum Gasteiger partial charge on any atom is -0.461 e. The van der Waals surface area contributed by atoms with Gasteiger partial charge in [0.15, 0.2) is 0 Å². The van der Waals surface area contributed by atoms with Gasteiger partial charge in [-0.15, -0.1) is 0 Å². The Balaban J connectivity index is 2.42. The van der Waals surface area contributed by atoms with Crippen molar-refractivity contribution >= 4 is 17.6 Å². The monoisotopic (exact) mass is 269 g/mol. The van der Waals surface area contributed by atoms with E-state index in [-0.39, 0.29) is 30.5 Å². The van der Waals surface area contributed by atoms with Gasteiger partial charge in [0.2, 0.25) is 0 Å². The van der Waals surface area contributed by atoms with E-state index >= 15 is 0 Å². The smallest absolute Gasteiger partial charge is 0.307 e. The van der Waals surface area contributed by atoms with Gasteiger partial charge in [-0.3, -0.25) is 4.79 Å². The number of esters is 1. The second-order valence-corrected chi connectivity index (χ2v) is 5.90. The van der Waals surface area contributed by atoms with Gasteiger partial charge in [0.1, 0.15) is 6.61 Å². The zero-order valence-corrected chi connectivity index (χ0v) is 11.8. The van der Waals surface area contributed by atoms with E-state index in [1.807, 2.05) is 32.9 Å². The average Bonchev–Trinajstić information content (AvgIpc) is 2.25. The lowest BCUT2D eigenvalue weighted by atomic mass is 9.85. The minimum atomic E-state index is -0.280. The van der Waals surface area contributed by atoms with Crippen molar-refractivity contribution in [1.29, 1.82) is 0 Å². The number of rotatable bonds is 4. The number of nitrogens with two attached hydrogens (primary N) is 1. The van der Waals surface area contributed by atoms with E-state index in [1.165, 1.54) is 0 Å². The molecule has 0 heterocycles. The Morgan fingerprint density at radius 3 is 2.67 bits per heavy atom. The molecule has 1 rings (SSSR count). The zero-order valence-electron chi connectivity index (χ0n) is 11.1. The van der Waals surface area contributed by atoms with Crippen molar-refractivity contribution in [1.82, 2.24) is 0 Å². The van der Waals surface area contributed by atoms with Crippen molar-refractivity contribution in [2.24, 2.45) is 11.1 Å². The predicted octanol–water partition coefficient (Wildman–Crippen LogP) is 3.15. The molecule has 0 spiro atoms. The van der Waals surface area contributed by atoms with E-state index in [0.717, 1.165) is 5.56 Å². The second-order valence-electron chi connectivity index (χ2n) is 5.47. The van der Waals surface area contributed by atoms with Crippen LogP contribution >= 0.6 is 11.6 Å². The molecule has 100 valence electrons. The number of carbonyl (C=O) groups is 1. The van der Waals surface area contributed by atoms with Crippen LogP contribution in [0.4, 0.5) is 0 Å². The van der Waals surface area contributed by atoms with Gasteiger partial charge in [0.25, 0.3) is 0 Å². The maximum atomic E-state index is 11.6. The molecule has 3 nitrogen and oxygen atoms in total. The molecule has 0 aliphatic carbocycles. The fourth-order valence-electron chi connectivity index (χ4n) is 1.34. The molecule has 1 aromatic carbocycles. The number of halogens is 1. The molecule has 0 bridgehead atoms. The van der Waals surface area contributed by atoms with Gasteiger partial charge in [-0.25, -0.2) is 0 Å². The molecule has 0 aliphatic rings. The van der Waals surface area contributed by atoms with Crippen LogP contribution in [0.1, 0.15) is 32.8 Å². The Morgan fingerprint density at radius 2 is 2.11 bits per heavy atom. The molecule has 0 saturated heterocycles. The summed E-state index contributed by atoms with van der Waals surface area (Å²) in [5.74, 6) is -0.280. The molecule has 0 saturated carbocycles. The summed E-state index contributed by atoms with van der Waals surface area (Å²) in [6, 6.07) is 7.04. The van der Waals surface area contributed by atoms with E-state index < -0.39 is 0 Å². The first-order valence-electron chi connectivity index (χ1n) is 5.94. The molecule has 18 heavy (non-hydrogen) atoms. The lowest BCUT2D eigenvalue weighted by molar-refractivity contribution is -0.146. The highest BCUT2D eigenvalue weighted by Crippen LogP contribution is 2.20. The molecule has 0 fully saturated rings. The summed E-state index contributed by atoms with van der Waals surface area (Å²) >= 11 is 5.84. The molecule has 4 heteroatoms. The van der Waals surface area contributed by atoms with Crippen molar-refractivity contribution < 1.29 is 9.53 Å². The van der Waals surface area contributed by atoms with Gasteiger partial charge in [-0.2, -0.15) is 0 Å². The van der Waals surface area contributed by atoms with Crippen LogP contribution in [0, 0.1) is 5.41 Å². The third-order valence-electron chi connectivity index (χ3n) is 2.79. The molecular weight excluding hydrogens is 250 g/mol. The Kier molecular flexibility index (Phi) is 5.17. The fraction of sp³-hybridized carbons (Fsp3) is 0.500. The van der Waals surface area contributed by atoms with Crippen molar-refractivity contribution in [3.63, 3.8) is 0 Å². The number of carbonyl (C=O) groups excluding carboxylic acids is 1. The maximum absolute atomic E-state index is 11.6. The van der Waals surface area contributed by atoms with Crippen molar-refractivity contribution in [2.75, 3.05) is 0 Å². The molecule has 2 N–H and O–H groups in total. The summed E-state index contributed by atoms with van der Waals surface area (Å²) in [5, 5.41) is 0.634. The van der Waals surface area contributed by atoms with E-state index in [9.17, 15) is 4.79 Å². The van der Waals surface area contributed by atoms with E-state index in [4.69, 9.17) is 22.1 Å². The Bertz CT molecular complexity index is 413. The van der Waals surface area contributed by atoms with Crippen molar-refractivity contribution in [3.8, 4) is 0 Å². The Morgan fingerprint density at radius 1 is 1.44 bits per heavy atom. The van der Waals surface area contributed by atoms with Gasteiger partial charge >= 0.3 is 5.97 Å². The van der Waals surface area contributed by atoms with E-state index in [1.54, 1.807) is 12.1 Å². The molecule has 0 radical (unpaired) electrons. The Labute approximate surface area is 113 Å². The lowest BCUT2D eigenvalue weighted by Crippen LogP contribution is -2.37. The fourth-order valence-corrected chi connectivity index (χ4v) is 1.55. The molecular formula is C14H20ClNO2. The highest BCUT2D eigenvalue weighted by Gasteiger charge is 2.23. The summed E-state index contributed by atoms with van der Waals surface area (Å²) in [6.45, 7) is 6.24. The standard InChI is InChI=1S/C14H20ClNO2/c1-14(2,3)12(16)8-13(17)18-9-10-5-4-6-11(15)7-10/h4-7,12H,8-9,16H2,1-3H3. The van der Waals surface area contributed by atoms with Crippen LogP contribution in [0.5, 0.6) is 0 Å². The van der Waals surface area contributed by atoms with Crippen LogP contribution < -0.4 is 5.73 Å². The predicted molar refractivity (Wildman–Crippen MR) is 73.3 cm³/mol. The first-order chi connectivity index (χ1) is 8.29. The number of hydrogen-bond acceptors (Lipinski definition) is 3. The van der Waals surface area contributed by atoms with Crippen LogP contribution in [-0.4, -0.2) is 12.0 Å². The summed E-state index contributed by atoms with van der Waals surface area (Å²) in [6.07, 6.45) is 0.226. The van der Waals surface area contributed by atoms with Gasteiger partial charge < -0.3 is 10.5 Å². The normalized spacial score (nSPS) is 13.2. The summed E-state index contributed by atoms with van der Waals surface area (Å²) < 4.78 is 5.17. The largest absolute Gasteiger partial charge is 0.461 e. The van der Waals surface area contributed by atoms with Gasteiger partial charge in [0.05, 0.1) is 6.42 Å². The summed E-state index contributed by atoms with van der Waals surface area (Å²) in [5.41, 5.74) is 6.70. The minimum absolute atomic E-state index is 0.102. The van der Waals surface area contributed by atoms with Crippen LogP contribution in [-0.2, 0) is 16.1 Å². The topological polar surface area (TPSA) is 52.3 Å². The Hall–Kier alpha value is -1.06. The maximum Gasteiger partial charge on any atom is 0.307 e.